The summed E-state index contributed by atoms with van der Waals surface area (Å²) in [6, 6.07) is 0. The first-order valence-electron chi connectivity index (χ1n) is 17.4. The van der Waals surface area contributed by atoms with Crippen molar-refractivity contribution >= 4 is 23.4 Å². The molecule has 1 aliphatic rings. The highest BCUT2D eigenvalue weighted by Crippen LogP contribution is 2.29. The molecule has 1 aliphatic heterocycles. The Bertz CT molecular complexity index is 1100. The Morgan fingerprint density at radius 1 is 0.818 bits per heavy atom. The average Bonchev–Trinajstić information content (AvgIpc) is 3.31. The summed E-state index contributed by atoms with van der Waals surface area (Å²) in [5, 5.41) is 0. The number of rotatable bonds is 24. The summed E-state index contributed by atoms with van der Waals surface area (Å²) in [6.07, 6.45) is 20.7. The number of ether oxygens (including phenoxy) is 1. The number of carbonyl (C=O) groups excluding carboxylic acids is 2. The number of carbonyl (C=O) groups is 2. The van der Waals surface area contributed by atoms with Crippen molar-refractivity contribution in [1.82, 2.24) is 14.5 Å². The predicted octanol–water partition coefficient (Wildman–Crippen LogP) is 6.11. The number of anilines is 2. The lowest BCUT2D eigenvalue weighted by Crippen LogP contribution is -2.38. The lowest BCUT2D eigenvalue weighted by molar-refractivity contribution is -0.149. The lowest BCUT2D eigenvalue weighted by Gasteiger charge is -2.26. The van der Waals surface area contributed by atoms with Crippen LogP contribution in [0.5, 0.6) is 0 Å². The largest absolute Gasteiger partial charge is 0.461 e. The van der Waals surface area contributed by atoms with E-state index in [2.05, 4.69) is 16.8 Å². The van der Waals surface area contributed by atoms with Gasteiger partial charge in [-0.15, -0.1) is 0 Å². The number of fused-ring (bicyclic) bond motifs is 1. The van der Waals surface area contributed by atoms with Crippen LogP contribution in [-0.2, 0) is 21.4 Å². The molecule has 44 heavy (non-hydrogen) atoms. The molecule has 10 nitrogen and oxygen atoms in total. The Kier molecular flexibility index (Phi) is 17.9. The van der Waals surface area contributed by atoms with Gasteiger partial charge in [0.1, 0.15) is 17.6 Å². The fraction of sp³-hybridized carbons (Fsp3) is 0.824. The third-order valence-electron chi connectivity index (χ3n) is 8.77. The maximum Gasteiger partial charge on any atom is 0.329 e. The van der Waals surface area contributed by atoms with Crippen LogP contribution in [0.2, 0.25) is 0 Å². The van der Waals surface area contributed by atoms with Crippen LogP contribution in [0.15, 0.2) is 9.59 Å². The molecule has 0 aromatic carbocycles. The van der Waals surface area contributed by atoms with E-state index in [1.807, 2.05) is 16.8 Å². The molecular weight excluding hydrogens is 558 g/mol. The second-order valence-corrected chi connectivity index (χ2v) is 12.7. The molecule has 0 spiro atoms. The third kappa shape index (κ3) is 13.5. The van der Waals surface area contributed by atoms with E-state index in [1.54, 1.807) is 14.0 Å². The van der Waals surface area contributed by atoms with E-state index in [1.165, 1.54) is 62.9 Å². The predicted molar refractivity (Wildman–Crippen MR) is 180 cm³/mol. The minimum atomic E-state index is -0.381. The van der Waals surface area contributed by atoms with Gasteiger partial charge >= 0.3 is 11.7 Å². The normalized spacial score (nSPS) is 13.3. The van der Waals surface area contributed by atoms with Crippen molar-refractivity contribution in [2.24, 2.45) is 7.05 Å². The van der Waals surface area contributed by atoms with Crippen molar-refractivity contribution in [1.29, 1.82) is 0 Å². The van der Waals surface area contributed by atoms with Gasteiger partial charge in [-0.3, -0.25) is 23.9 Å². The molecule has 1 unspecified atom stereocenters. The lowest BCUT2D eigenvalue weighted by atomic mass is 10.0. The van der Waals surface area contributed by atoms with E-state index >= 15 is 0 Å². The van der Waals surface area contributed by atoms with Gasteiger partial charge in [0.2, 0.25) is 5.91 Å². The Balaban J connectivity index is 1.60. The zero-order valence-electron chi connectivity index (χ0n) is 28.5. The van der Waals surface area contributed by atoms with Crippen LogP contribution in [0.4, 0.5) is 11.5 Å². The molecule has 1 aromatic rings. The van der Waals surface area contributed by atoms with Crippen molar-refractivity contribution in [2.75, 3.05) is 43.2 Å². The SMILES string of the molecule is CCCCCCCCCCCCN(CC(CCCCCCCCCN1CN(C)c2c1n(C)c(=O)[nH]c2=O)OC(C)=O)C(C)=O. The van der Waals surface area contributed by atoms with E-state index in [9.17, 15) is 19.2 Å². The molecule has 1 amide bonds. The third-order valence-corrected chi connectivity index (χ3v) is 8.77. The van der Waals surface area contributed by atoms with E-state index in [0.29, 0.717) is 24.7 Å². The van der Waals surface area contributed by atoms with Crippen LogP contribution in [0.25, 0.3) is 0 Å². The van der Waals surface area contributed by atoms with Crippen molar-refractivity contribution in [3.63, 3.8) is 0 Å². The van der Waals surface area contributed by atoms with Gasteiger partial charge in [-0.05, 0) is 25.7 Å². The maximum atomic E-state index is 12.3. The number of unbranched alkanes of at least 4 members (excludes halogenated alkanes) is 15. The zero-order valence-corrected chi connectivity index (χ0v) is 28.5. The Labute approximate surface area is 265 Å². The van der Waals surface area contributed by atoms with Crippen LogP contribution in [0.3, 0.4) is 0 Å². The van der Waals surface area contributed by atoms with Gasteiger partial charge in [0.05, 0.1) is 13.2 Å². The second kappa shape index (κ2) is 21.0. The fourth-order valence-corrected chi connectivity index (χ4v) is 6.27. The summed E-state index contributed by atoms with van der Waals surface area (Å²) in [6.45, 7) is 7.95. The highest BCUT2D eigenvalue weighted by Gasteiger charge is 2.29. The molecule has 0 saturated heterocycles. The van der Waals surface area contributed by atoms with Gasteiger partial charge in [-0.1, -0.05) is 96.8 Å². The first-order chi connectivity index (χ1) is 21.1. The number of H-pyrrole nitrogens is 1. The van der Waals surface area contributed by atoms with Crippen LogP contribution in [0, 0.1) is 0 Å². The topological polar surface area (TPSA) is 108 Å². The van der Waals surface area contributed by atoms with E-state index < -0.39 is 0 Å². The molecule has 0 bridgehead atoms. The molecular formula is C34H61N5O5. The fourth-order valence-electron chi connectivity index (χ4n) is 6.27. The first-order valence-corrected chi connectivity index (χ1v) is 17.4. The van der Waals surface area contributed by atoms with Crippen LogP contribution in [0.1, 0.15) is 136 Å². The number of aromatic nitrogens is 2. The maximum absolute atomic E-state index is 12.3. The van der Waals surface area contributed by atoms with E-state index in [-0.39, 0.29) is 29.2 Å². The molecule has 10 heteroatoms. The number of esters is 1. The van der Waals surface area contributed by atoms with Gasteiger partial charge < -0.3 is 19.4 Å². The number of nitrogens with one attached hydrogen (secondary N) is 1. The summed E-state index contributed by atoms with van der Waals surface area (Å²) in [5.41, 5.74) is -0.149. The molecule has 0 fully saturated rings. The van der Waals surface area contributed by atoms with Crippen LogP contribution in [-0.4, -0.2) is 65.8 Å². The molecule has 0 radical (unpaired) electrons. The summed E-state index contributed by atoms with van der Waals surface area (Å²) in [5.74, 6) is 0.473. The molecule has 2 rings (SSSR count). The first kappa shape index (κ1) is 37.4. The van der Waals surface area contributed by atoms with Gasteiger partial charge in [0.25, 0.3) is 5.56 Å². The number of nitrogens with zero attached hydrogens (tertiary/aromatic N) is 4. The zero-order chi connectivity index (χ0) is 32.3. The molecule has 1 atom stereocenters. The minimum absolute atomic E-state index is 0.0520. The Morgan fingerprint density at radius 2 is 1.36 bits per heavy atom. The smallest absolute Gasteiger partial charge is 0.329 e. The highest BCUT2D eigenvalue weighted by atomic mass is 16.5. The molecule has 1 aromatic heterocycles. The van der Waals surface area contributed by atoms with Crippen LogP contribution >= 0.6 is 0 Å². The minimum Gasteiger partial charge on any atom is -0.461 e. The van der Waals surface area contributed by atoms with E-state index in [0.717, 1.165) is 77.3 Å². The number of hydrogen-bond acceptors (Lipinski definition) is 7. The van der Waals surface area contributed by atoms with Crippen LogP contribution < -0.4 is 21.0 Å². The number of aromatic amines is 1. The number of hydrogen-bond donors (Lipinski definition) is 1. The van der Waals surface area contributed by atoms with Crippen molar-refractivity contribution in [2.45, 2.75) is 142 Å². The monoisotopic (exact) mass is 619 g/mol. The second-order valence-electron chi connectivity index (χ2n) is 12.7. The molecule has 252 valence electrons. The molecule has 0 aliphatic carbocycles. The standard InChI is InChI=1S/C34H61N5O5/c1-6-7-8-9-10-11-12-15-18-21-24-38(28(2)40)26-30(44-29(3)41)23-20-17-14-13-16-19-22-25-39-27-36(4)31-32(42)35-34(43)37(5)33(31)39/h30H,6-27H2,1-5H3,(H,35,42,43). The average molecular weight is 620 g/mol. The Hall–Kier alpha value is -2.78. The van der Waals surface area contributed by atoms with E-state index in [4.69, 9.17) is 4.74 Å². The van der Waals surface area contributed by atoms with Crippen molar-refractivity contribution in [3.05, 3.63) is 20.8 Å². The summed E-state index contributed by atoms with van der Waals surface area (Å²) < 4.78 is 7.14. The van der Waals surface area contributed by atoms with Gasteiger partial charge in [-0.25, -0.2) is 4.79 Å². The van der Waals surface area contributed by atoms with Gasteiger partial charge in [0, 0.05) is 41.0 Å². The summed E-state index contributed by atoms with van der Waals surface area (Å²) >= 11 is 0. The van der Waals surface area contributed by atoms with Gasteiger partial charge in [-0.2, -0.15) is 0 Å². The quantitative estimate of drug-likeness (QED) is 0.110. The highest BCUT2D eigenvalue weighted by molar-refractivity contribution is 5.73. The molecule has 1 N–H and O–H groups in total. The van der Waals surface area contributed by atoms with Crippen molar-refractivity contribution in [3.8, 4) is 0 Å². The van der Waals surface area contributed by atoms with Gasteiger partial charge in [0.15, 0.2) is 0 Å². The summed E-state index contributed by atoms with van der Waals surface area (Å²) in [7, 11) is 3.58. The van der Waals surface area contributed by atoms with Crippen molar-refractivity contribution < 1.29 is 14.3 Å². The molecule has 0 saturated carbocycles. The Morgan fingerprint density at radius 3 is 1.93 bits per heavy atom. The summed E-state index contributed by atoms with van der Waals surface area (Å²) in [4.78, 5) is 56.6. The number of amides is 1. The molecule has 2 heterocycles.